The molecule has 0 amide bonds. The summed E-state index contributed by atoms with van der Waals surface area (Å²) in [4.78, 5) is 2.54. The smallest absolute Gasteiger partial charge is 0.0714 e. The summed E-state index contributed by atoms with van der Waals surface area (Å²) in [7, 11) is 0. The number of ether oxygens (including phenoxy) is 1. The first kappa shape index (κ1) is 9.44. The van der Waals surface area contributed by atoms with Crippen LogP contribution < -0.4 is 5.73 Å². The van der Waals surface area contributed by atoms with Crippen LogP contribution in [0.1, 0.15) is 19.3 Å². The van der Waals surface area contributed by atoms with Gasteiger partial charge in [-0.3, -0.25) is 4.90 Å². The highest BCUT2D eigenvalue weighted by Crippen LogP contribution is 2.30. The predicted molar refractivity (Wildman–Crippen MR) is 52.6 cm³/mol. The van der Waals surface area contributed by atoms with Crippen molar-refractivity contribution in [2.45, 2.75) is 25.4 Å². The Labute approximate surface area is 80.2 Å². The Hall–Kier alpha value is -0.120. The molecule has 1 saturated heterocycles. The molecule has 0 spiro atoms. The highest BCUT2D eigenvalue weighted by atomic mass is 16.5. The molecular formula is C10H20N2O. The highest BCUT2D eigenvalue weighted by Gasteiger charge is 2.27. The molecule has 0 aromatic heterocycles. The molecule has 1 atom stereocenters. The fraction of sp³-hybridized carbons (Fsp3) is 1.00. The second kappa shape index (κ2) is 4.40. The molecule has 1 unspecified atom stereocenters. The van der Waals surface area contributed by atoms with E-state index in [0.717, 1.165) is 38.6 Å². The van der Waals surface area contributed by atoms with Gasteiger partial charge in [0.15, 0.2) is 0 Å². The van der Waals surface area contributed by atoms with Crippen LogP contribution in [0.2, 0.25) is 0 Å². The average molecular weight is 184 g/mol. The van der Waals surface area contributed by atoms with Crippen molar-refractivity contribution in [3.63, 3.8) is 0 Å². The molecular weight excluding hydrogens is 164 g/mol. The zero-order valence-electron chi connectivity index (χ0n) is 8.24. The zero-order chi connectivity index (χ0) is 9.10. The van der Waals surface area contributed by atoms with Gasteiger partial charge in [-0.1, -0.05) is 0 Å². The number of hydrogen-bond donors (Lipinski definition) is 1. The number of rotatable bonds is 4. The summed E-state index contributed by atoms with van der Waals surface area (Å²) in [5.74, 6) is 0.997. The second-order valence-corrected chi connectivity index (χ2v) is 4.27. The lowest BCUT2D eigenvalue weighted by molar-refractivity contribution is -0.0319. The van der Waals surface area contributed by atoms with Crippen molar-refractivity contribution in [3.05, 3.63) is 0 Å². The SMILES string of the molecule is NCCC1CN(CC2CC2)CCO1. The third-order valence-corrected chi connectivity index (χ3v) is 2.92. The van der Waals surface area contributed by atoms with Crippen LogP contribution >= 0.6 is 0 Å². The van der Waals surface area contributed by atoms with Crippen LogP contribution in [0.15, 0.2) is 0 Å². The van der Waals surface area contributed by atoms with Gasteiger partial charge in [0.1, 0.15) is 0 Å². The van der Waals surface area contributed by atoms with E-state index in [1.807, 2.05) is 0 Å². The van der Waals surface area contributed by atoms with E-state index in [9.17, 15) is 0 Å². The Morgan fingerprint density at radius 1 is 1.38 bits per heavy atom. The zero-order valence-corrected chi connectivity index (χ0v) is 8.24. The van der Waals surface area contributed by atoms with Crippen LogP contribution in [0.25, 0.3) is 0 Å². The molecule has 2 rings (SSSR count). The van der Waals surface area contributed by atoms with Crippen LogP contribution in [0, 0.1) is 5.92 Å². The van der Waals surface area contributed by atoms with E-state index < -0.39 is 0 Å². The minimum atomic E-state index is 0.400. The first-order chi connectivity index (χ1) is 6.38. The summed E-state index contributed by atoms with van der Waals surface area (Å²) in [6, 6.07) is 0. The van der Waals surface area contributed by atoms with Crippen LogP contribution in [0.3, 0.4) is 0 Å². The third kappa shape index (κ3) is 2.93. The number of morpholine rings is 1. The van der Waals surface area contributed by atoms with Gasteiger partial charge in [0.2, 0.25) is 0 Å². The van der Waals surface area contributed by atoms with Gasteiger partial charge in [-0.25, -0.2) is 0 Å². The van der Waals surface area contributed by atoms with Gasteiger partial charge in [0, 0.05) is 19.6 Å². The van der Waals surface area contributed by atoms with Gasteiger partial charge >= 0.3 is 0 Å². The van der Waals surface area contributed by atoms with Crippen LogP contribution in [0.4, 0.5) is 0 Å². The molecule has 1 aliphatic carbocycles. The summed E-state index contributed by atoms with van der Waals surface area (Å²) < 4.78 is 5.63. The summed E-state index contributed by atoms with van der Waals surface area (Å²) in [6.07, 6.45) is 4.30. The maximum atomic E-state index is 5.63. The quantitative estimate of drug-likeness (QED) is 0.689. The molecule has 0 bridgehead atoms. The van der Waals surface area contributed by atoms with Crippen LogP contribution in [0.5, 0.6) is 0 Å². The van der Waals surface area contributed by atoms with Gasteiger partial charge < -0.3 is 10.5 Å². The third-order valence-electron chi connectivity index (χ3n) is 2.92. The lowest BCUT2D eigenvalue weighted by Crippen LogP contribution is -2.43. The van der Waals surface area contributed by atoms with Crippen molar-refractivity contribution in [2.75, 3.05) is 32.8 Å². The molecule has 13 heavy (non-hydrogen) atoms. The summed E-state index contributed by atoms with van der Waals surface area (Å²) in [5.41, 5.74) is 5.52. The standard InChI is InChI=1S/C10H20N2O/c11-4-3-10-8-12(5-6-13-10)7-9-1-2-9/h9-10H,1-8,11H2. The average Bonchev–Trinajstić information content (AvgIpc) is 2.90. The summed E-state index contributed by atoms with van der Waals surface area (Å²) >= 11 is 0. The predicted octanol–water partition coefficient (Wildman–Crippen LogP) is 0.446. The van der Waals surface area contributed by atoms with Gasteiger partial charge in [0.25, 0.3) is 0 Å². The lowest BCUT2D eigenvalue weighted by atomic mass is 10.2. The first-order valence-corrected chi connectivity index (χ1v) is 5.42. The monoisotopic (exact) mass is 184 g/mol. The fourth-order valence-corrected chi connectivity index (χ4v) is 1.97. The Bertz CT molecular complexity index is 157. The Kier molecular flexibility index (Phi) is 3.19. The van der Waals surface area contributed by atoms with Crippen molar-refractivity contribution in [1.29, 1.82) is 0 Å². The molecule has 3 nitrogen and oxygen atoms in total. The summed E-state index contributed by atoms with van der Waals surface area (Å²) in [5, 5.41) is 0. The van der Waals surface area contributed by atoms with Gasteiger partial charge in [-0.15, -0.1) is 0 Å². The first-order valence-electron chi connectivity index (χ1n) is 5.42. The van der Waals surface area contributed by atoms with E-state index in [0.29, 0.717) is 6.10 Å². The topological polar surface area (TPSA) is 38.5 Å². The molecule has 1 aliphatic heterocycles. The molecule has 0 aromatic carbocycles. The van der Waals surface area contributed by atoms with Crippen molar-refractivity contribution >= 4 is 0 Å². The van der Waals surface area contributed by atoms with Crippen molar-refractivity contribution < 1.29 is 4.74 Å². The minimum Gasteiger partial charge on any atom is -0.376 e. The maximum Gasteiger partial charge on any atom is 0.0714 e. The van der Waals surface area contributed by atoms with E-state index >= 15 is 0 Å². The molecule has 1 heterocycles. The van der Waals surface area contributed by atoms with E-state index in [-0.39, 0.29) is 0 Å². The molecule has 0 aromatic rings. The Morgan fingerprint density at radius 3 is 2.92 bits per heavy atom. The minimum absolute atomic E-state index is 0.400. The Balaban J connectivity index is 1.70. The molecule has 2 fully saturated rings. The molecule has 1 saturated carbocycles. The molecule has 76 valence electrons. The largest absolute Gasteiger partial charge is 0.376 e. The Morgan fingerprint density at radius 2 is 2.23 bits per heavy atom. The van der Waals surface area contributed by atoms with E-state index in [1.54, 1.807) is 0 Å². The van der Waals surface area contributed by atoms with E-state index in [1.165, 1.54) is 19.4 Å². The molecule has 0 radical (unpaired) electrons. The van der Waals surface area contributed by atoms with Crippen molar-refractivity contribution in [2.24, 2.45) is 11.7 Å². The van der Waals surface area contributed by atoms with Gasteiger partial charge in [0.05, 0.1) is 12.7 Å². The van der Waals surface area contributed by atoms with Crippen molar-refractivity contribution in [1.82, 2.24) is 4.90 Å². The molecule has 2 N–H and O–H groups in total. The van der Waals surface area contributed by atoms with E-state index in [2.05, 4.69) is 4.90 Å². The molecule has 3 heteroatoms. The highest BCUT2D eigenvalue weighted by molar-refractivity contribution is 4.80. The second-order valence-electron chi connectivity index (χ2n) is 4.27. The summed E-state index contributed by atoms with van der Waals surface area (Å²) in [6.45, 7) is 5.18. The number of nitrogens with two attached hydrogens (primary N) is 1. The van der Waals surface area contributed by atoms with E-state index in [4.69, 9.17) is 10.5 Å². The fourth-order valence-electron chi connectivity index (χ4n) is 1.97. The van der Waals surface area contributed by atoms with Gasteiger partial charge in [-0.05, 0) is 31.7 Å². The maximum absolute atomic E-state index is 5.63. The lowest BCUT2D eigenvalue weighted by Gasteiger charge is -2.32. The number of nitrogens with zero attached hydrogens (tertiary/aromatic N) is 1. The molecule has 2 aliphatic rings. The van der Waals surface area contributed by atoms with Crippen molar-refractivity contribution in [3.8, 4) is 0 Å². The van der Waals surface area contributed by atoms with Gasteiger partial charge in [-0.2, -0.15) is 0 Å². The number of hydrogen-bond acceptors (Lipinski definition) is 3. The van der Waals surface area contributed by atoms with Crippen LogP contribution in [-0.4, -0.2) is 43.8 Å². The normalized spacial score (nSPS) is 30.7. The van der Waals surface area contributed by atoms with Crippen LogP contribution in [-0.2, 0) is 4.74 Å².